The van der Waals surface area contributed by atoms with Crippen molar-refractivity contribution >= 4 is 11.5 Å². The first-order valence-electron chi connectivity index (χ1n) is 6.44. The standard InChI is InChI=1S/C15H18F3NO2/c1-4-21-14(20)13(9-15(16,17)18)12-8-6-5-7-11(12)10-19(2)3/h5-9H,4,10H2,1-3H3/b13-9+. The molecule has 0 bridgehead atoms. The first-order chi connectivity index (χ1) is 9.74. The van der Waals surface area contributed by atoms with Crippen molar-refractivity contribution in [3.8, 4) is 0 Å². The van der Waals surface area contributed by atoms with Gasteiger partial charge in [-0.1, -0.05) is 24.3 Å². The molecule has 1 aromatic rings. The van der Waals surface area contributed by atoms with Gasteiger partial charge in [-0.25, -0.2) is 4.79 Å². The fourth-order valence-electron chi connectivity index (χ4n) is 1.88. The fraction of sp³-hybridized carbons (Fsp3) is 0.400. The molecule has 1 aromatic carbocycles. The third-order valence-electron chi connectivity index (χ3n) is 2.60. The van der Waals surface area contributed by atoms with Crippen LogP contribution in [-0.2, 0) is 16.1 Å². The maximum Gasteiger partial charge on any atom is 0.410 e. The Morgan fingerprint density at radius 3 is 2.43 bits per heavy atom. The Morgan fingerprint density at radius 2 is 1.90 bits per heavy atom. The largest absolute Gasteiger partial charge is 0.462 e. The van der Waals surface area contributed by atoms with E-state index in [1.165, 1.54) is 6.07 Å². The van der Waals surface area contributed by atoms with Crippen LogP contribution >= 0.6 is 0 Å². The maximum absolute atomic E-state index is 12.7. The van der Waals surface area contributed by atoms with Gasteiger partial charge in [-0.15, -0.1) is 0 Å². The predicted molar refractivity (Wildman–Crippen MR) is 74.5 cm³/mol. The Balaban J connectivity index is 3.33. The van der Waals surface area contributed by atoms with Gasteiger partial charge in [-0.2, -0.15) is 13.2 Å². The second-order valence-corrected chi connectivity index (χ2v) is 4.72. The van der Waals surface area contributed by atoms with Crippen LogP contribution in [0.5, 0.6) is 0 Å². The molecule has 0 heterocycles. The lowest BCUT2D eigenvalue weighted by molar-refractivity contribution is -0.136. The molecule has 0 fully saturated rings. The molecule has 0 aliphatic carbocycles. The third-order valence-corrected chi connectivity index (χ3v) is 2.60. The Bertz CT molecular complexity index is 522. The highest BCUT2D eigenvalue weighted by atomic mass is 19.4. The molecular weight excluding hydrogens is 283 g/mol. The number of carbonyl (C=O) groups excluding carboxylic acids is 1. The van der Waals surface area contributed by atoms with Crippen molar-refractivity contribution in [1.29, 1.82) is 0 Å². The van der Waals surface area contributed by atoms with E-state index in [4.69, 9.17) is 4.74 Å². The van der Waals surface area contributed by atoms with Crippen LogP contribution < -0.4 is 0 Å². The van der Waals surface area contributed by atoms with Crippen LogP contribution in [0, 0.1) is 0 Å². The number of nitrogens with zero attached hydrogens (tertiary/aromatic N) is 1. The van der Waals surface area contributed by atoms with Gasteiger partial charge in [-0.3, -0.25) is 0 Å². The lowest BCUT2D eigenvalue weighted by atomic mass is 9.99. The lowest BCUT2D eigenvalue weighted by Gasteiger charge is -2.16. The average molecular weight is 301 g/mol. The first kappa shape index (κ1) is 17.2. The number of esters is 1. The van der Waals surface area contributed by atoms with Gasteiger partial charge in [-0.05, 0) is 32.1 Å². The van der Waals surface area contributed by atoms with Crippen LogP contribution in [0.25, 0.3) is 5.57 Å². The number of hydrogen-bond acceptors (Lipinski definition) is 3. The van der Waals surface area contributed by atoms with Crippen molar-refractivity contribution in [2.24, 2.45) is 0 Å². The molecule has 21 heavy (non-hydrogen) atoms. The van der Waals surface area contributed by atoms with Crippen LogP contribution in [0.2, 0.25) is 0 Å². The zero-order valence-electron chi connectivity index (χ0n) is 12.2. The van der Waals surface area contributed by atoms with Crippen LogP contribution in [0.15, 0.2) is 30.3 Å². The zero-order valence-corrected chi connectivity index (χ0v) is 12.2. The smallest absolute Gasteiger partial charge is 0.410 e. The Hall–Kier alpha value is -1.82. The van der Waals surface area contributed by atoms with Gasteiger partial charge in [0.15, 0.2) is 0 Å². The number of halogens is 3. The Labute approximate surface area is 122 Å². The molecule has 0 unspecified atom stereocenters. The molecule has 3 nitrogen and oxygen atoms in total. The van der Waals surface area contributed by atoms with Crippen LogP contribution in [-0.4, -0.2) is 37.7 Å². The second kappa shape index (κ2) is 7.26. The second-order valence-electron chi connectivity index (χ2n) is 4.72. The summed E-state index contributed by atoms with van der Waals surface area (Å²) in [6, 6.07) is 6.50. The van der Waals surface area contributed by atoms with Crippen LogP contribution in [0.4, 0.5) is 13.2 Å². The van der Waals surface area contributed by atoms with E-state index in [9.17, 15) is 18.0 Å². The predicted octanol–water partition coefficient (Wildman–Crippen LogP) is 3.26. The molecule has 116 valence electrons. The number of hydrogen-bond donors (Lipinski definition) is 0. The summed E-state index contributed by atoms with van der Waals surface area (Å²) in [5, 5.41) is 0. The van der Waals surface area contributed by atoms with Crippen molar-refractivity contribution in [2.45, 2.75) is 19.6 Å². The van der Waals surface area contributed by atoms with Crippen LogP contribution in [0.1, 0.15) is 18.1 Å². The summed E-state index contributed by atoms with van der Waals surface area (Å²) in [7, 11) is 3.60. The minimum absolute atomic E-state index is 0.000509. The molecule has 0 aromatic heterocycles. The summed E-state index contributed by atoms with van der Waals surface area (Å²) >= 11 is 0. The van der Waals surface area contributed by atoms with Gasteiger partial charge in [0.2, 0.25) is 0 Å². The van der Waals surface area contributed by atoms with Crippen LogP contribution in [0.3, 0.4) is 0 Å². The summed E-state index contributed by atoms with van der Waals surface area (Å²) in [5.74, 6) is -0.971. The lowest BCUT2D eigenvalue weighted by Crippen LogP contribution is -2.16. The van der Waals surface area contributed by atoms with Gasteiger partial charge < -0.3 is 9.64 Å². The summed E-state index contributed by atoms with van der Waals surface area (Å²) in [6.07, 6.45) is -4.59. The molecule has 0 amide bonds. The van der Waals surface area contributed by atoms with E-state index < -0.39 is 17.7 Å². The normalized spacial score (nSPS) is 12.6. The van der Waals surface area contributed by atoms with E-state index in [1.807, 2.05) is 4.90 Å². The summed E-state index contributed by atoms with van der Waals surface area (Å²) < 4.78 is 42.8. The molecular formula is C15H18F3NO2. The Kier molecular flexibility index (Phi) is 5.96. The highest BCUT2D eigenvalue weighted by molar-refractivity contribution is 6.17. The van der Waals surface area contributed by atoms with Crippen molar-refractivity contribution in [1.82, 2.24) is 4.90 Å². The molecule has 1 rings (SSSR count). The highest BCUT2D eigenvalue weighted by Crippen LogP contribution is 2.27. The summed E-state index contributed by atoms with van der Waals surface area (Å²) in [4.78, 5) is 13.7. The number of benzene rings is 1. The highest BCUT2D eigenvalue weighted by Gasteiger charge is 2.29. The summed E-state index contributed by atoms with van der Waals surface area (Å²) in [5.41, 5.74) is 0.398. The average Bonchev–Trinajstić information content (AvgIpc) is 2.35. The number of alkyl halides is 3. The minimum atomic E-state index is -4.59. The third kappa shape index (κ3) is 5.59. The molecule has 0 aliphatic heterocycles. The molecule has 0 saturated heterocycles. The van der Waals surface area contributed by atoms with Crippen molar-refractivity contribution in [3.63, 3.8) is 0 Å². The molecule has 0 radical (unpaired) electrons. The monoisotopic (exact) mass is 301 g/mol. The van der Waals surface area contributed by atoms with Gasteiger partial charge in [0.25, 0.3) is 0 Å². The first-order valence-corrected chi connectivity index (χ1v) is 6.44. The number of allylic oxidation sites excluding steroid dienone is 1. The van der Waals surface area contributed by atoms with Crippen molar-refractivity contribution in [2.75, 3.05) is 20.7 Å². The fourth-order valence-corrected chi connectivity index (χ4v) is 1.88. The van der Waals surface area contributed by atoms with E-state index in [0.717, 1.165) is 0 Å². The zero-order chi connectivity index (χ0) is 16.0. The van der Waals surface area contributed by atoms with E-state index in [1.54, 1.807) is 39.2 Å². The molecule has 0 atom stereocenters. The molecule has 0 N–H and O–H groups in total. The van der Waals surface area contributed by atoms with Gasteiger partial charge >= 0.3 is 12.1 Å². The van der Waals surface area contributed by atoms with E-state index in [2.05, 4.69) is 0 Å². The molecule has 6 heteroatoms. The van der Waals surface area contributed by atoms with Gasteiger partial charge in [0, 0.05) is 12.6 Å². The SMILES string of the molecule is CCOC(=O)/C(=C/C(F)(F)F)c1ccccc1CN(C)C. The van der Waals surface area contributed by atoms with E-state index in [-0.39, 0.29) is 18.2 Å². The minimum Gasteiger partial charge on any atom is -0.462 e. The topological polar surface area (TPSA) is 29.5 Å². The van der Waals surface area contributed by atoms with Gasteiger partial charge in [0.05, 0.1) is 12.2 Å². The quantitative estimate of drug-likeness (QED) is 0.617. The van der Waals surface area contributed by atoms with Crippen molar-refractivity contribution < 1.29 is 22.7 Å². The molecule has 0 aliphatic rings. The number of ether oxygens (including phenoxy) is 1. The van der Waals surface area contributed by atoms with Gasteiger partial charge in [0.1, 0.15) is 0 Å². The van der Waals surface area contributed by atoms with Crippen molar-refractivity contribution in [3.05, 3.63) is 41.5 Å². The maximum atomic E-state index is 12.7. The molecule has 0 saturated carbocycles. The van der Waals surface area contributed by atoms with E-state index in [0.29, 0.717) is 12.1 Å². The van der Waals surface area contributed by atoms with E-state index >= 15 is 0 Å². The number of carbonyl (C=O) groups is 1. The summed E-state index contributed by atoms with van der Waals surface area (Å²) in [6.45, 7) is 1.99. The Morgan fingerprint density at radius 1 is 1.29 bits per heavy atom. The molecule has 0 spiro atoms. The number of rotatable bonds is 5.